The monoisotopic (exact) mass is 254 g/mol. The van der Waals surface area contributed by atoms with Crippen molar-refractivity contribution in [3.8, 4) is 0 Å². The molecule has 0 fully saturated rings. The summed E-state index contributed by atoms with van der Waals surface area (Å²) in [6.07, 6.45) is 0.813. The minimum atomic E-state index is -1.000. The molecule has 4 nitrogen and oxygen atoms in total. The molecule has 0 saturated carbocycles. The zero-order valence-corrected chi connectivity index (χ0v) is 10.7. The van der Waals surface area contributed by atoms with Crippen molar-refractivity contribution in [3.63, 3.8) is 0 Å². The maximum atomic E-state index is 11.8. The van der Waals surface area contributed by atoms with Gasteiger partial charge < -0.3 is 11.5 Å². The molecule has 1 aromatic carbocycles. The van der Waals surface area contributed by atoms with Crippen LogP contribution >= 0.6 is 0 Å². The highest BCUT2D eigenvalue weighted by molar-refractivity contribution is 7.84. The van der Waals surface area contributed by atoms with E-state index < -0.39 is 16.7 Å². The van der Waals surface area contributed by atoms with Crippen LogP contribution in [0.5, 0.6) is 0 Å². The van der Waals surface area contributed by atoms with Gasteiger partial charge in [0, 0.05) is 33.9 Å². The Balaban J connectivity index is 2.65. The Morgan fingerprint density at radius 1 is 1.47 bits per heavy atom. The van der Waals surface area contributed by atoms with Crippen LogP contribution in [0.1, 0.15) is 29.3 Å². The molecule has 0 radical (unpaired) electrons. The first kappa shape index (κ1) is 13.9. The molecule has 1 aromatic rings. The minimum Gasteiger partial charge on any atom is -0.366 e. The topological polar surface area (TPSA) is 86.2 Å². The highest BCUT2D eigenvalue weighted by Gasteiger charge is 2.08. The molecule has 0 aliphatic heterocycles. The van der Waals surface area contributed by atoms with E-state index in [0.29, 0.717) is 17.1 Å². The Bertz CT molecular complexity index is 421. The molecular weight excluding hydrogens is 236 g/mol. The molecule has 1 rings (SSSR count). The number of primary amides is 1. The number of hydrogen-bond donors (Lipinski definition) is 2. The van der Waals surface area contributed by atoms with Crippen LogP contribution in [0.25, 0.3) is 0 Å². The van der Waals surface area contributed by atoms with Gasteiger partial charge in [0.1, 0.15) is 0 Å². The van der Waals surface area contributed by atoms with Gasteiger partial charge in [-0.05, 0) is 24.1 Å². The van der Waals surface area contributed by atoms with E-state index in [9.17, 15) is 9.00 Å². The van der Waals surface area contributed by atoms with Crippen LogP contribution in [0.3, 0.4) is 0 Å². The standard InChI is InChI=1S/C12H18N2O2S/c1-2-11(13)8-17(16)7-9-4-3-5-10(6-9)12(14)15/h3-6,11H,2,7-8,13H2,1H3,(H2,14,15). The Morgan fingerprint density at radius 2 is 2.18 bits per heavy atom. The van der Waals surface area contributed by atoms with E-state index in [0.717, 1.165) is 12.0 Å². The van der Waals surface area contributed by atoms with Crippen molar-refractivity contribution < 1.29 is 9.00 Å². The van der Waals surface area contributed by atoms with E-state index in [-0.39, 0.29) is 6.04 Å². The quantitative estimate of drug-likeness (QED) is 0.786. The fourth-order valence-electron chi connectivity index (χ4n) is 1.42. The van der Waals surface area contributed by atoms with E-state index in [1.54, 1.807) is 18.2 Å². The molecule has 1 amide bonds. The largest absolute Gasteiger partial charge is 0.366 e. The zero-order chi connectivity index (χ0) is 12.8. The molecule has 2 unspecified atom stereocenters. The maximum Gasteiger partial charge on any atom is 0.248 e. The molecule has 5 heteroatoms. The van der Waals surface area contributed by atoms with Crippen molar-refractivity contribution in [2.24, 2.45) is 11.5 Å². The maximum absolute atomic E-state index is 11.8. The molecule has 0 bridgehead atoms. The van der Waals surface area contributed by atoms with Gasteiger partial charge in [-0.25, -0.2) is 0 Å². The lowest BCUT2D eigenvalue weighted by Crippen LogP contribution is -2.26. The van der Waals surface area contributed by atoms with Gasteiger partial charge in [0.25, 0.3) is 0 Å². The van der Waals surface area contributed by atoms with Crippen LogP contribution in [0.4, 0.5) is 0 Å². The van der Waals surface area contributed by atoms with Crippen LogP contribution in [0, 0.1) is 0 Å². The Morgan fingerprint density at radius 3 is 2.76 bits per heavy atom. The Hall–Kier alpha value is -1.20. The SMILES string of the molecule is CCC(N)CS(=O)Cc1cccc(C(N)=O)c1. The van der Waals surface area contributed by atoms with Gasteiger partial charge in [0.15, 0.2) is 0 Å². The fourth-order valence-corrected chi connectivity index (χ4v) is 2.80. The van der Waals surface area contributed by atoms with E-state index in [1.807, 2.05) is 13.0 Å². The second kappa shape index (κ2) is 6.51. The summed E-state index contributed by atoms with van der Waals surface area (Å²) in [6, 6.07) is 6.87. The fraction of sp³-hybridized carbons (Fsp3) is 0.417. The second-order valence-electron chi connectivity index (χ2n) is 3.98. The van der Waals surface area contributed by atoms with E-state index in [2.05, 4.69) is 0 Å². The summed E-state index contributed by atoms with van der Waals surface area (Å²) in [5, 5.41) is 0. The highest BCUT2D eigenvalue weighted by atomic mass is 32.2. The Kier molecular flexibility index (Phi) is 5.31. The number of rotatable bonds is 6. The molecule has 0 heterocycles. The van der Waals surface area contributed by atoms with Crippen LogP contribution in [0.2, 0.25) is 0 Å². The normalized spacial score (nSPS) is 14.2. The molecular formula is C12H18N2O2S. The second-order valence-corrected chi connectivity index (χ2v) is 5.49. The Labute approximate surface area is 104 Å². The van der Waals surface area contributed by atoms with E-state index in [1.165, 1.54) is 0 Å². The first-order valence-corrected chi connectivity index (χ1v) is 7.01. The molecule has 0 spiro atoms. The number of hydrogen-bond acceptors (Lipinski definition) is 3. The van der Waals surface area contributed by atoms with Crippen molar-refractivity contribution in [3.05, 3.63) is 35.4 Å². The van der Waals surface area contributed by atoms with Gasteiger partial charge in [-0.3, -0.25) is 9.00 Å². The van der Waals surface area contributed by atoms with Crippen LogP contribution in [0.15, 0.2) is 24.3 Å². The predicted octanol–water partition coefficient (Wildman–Crippen LogP) is 0.772. The number of benzene rings is 1. The predicted molar refractivity (Wildman–Crippen MR) is 69.9 cm³/mol. The smallest absolute Gasteiger partial charge is 0.248 e. The summed E-state index contributed by atoms with van der Waals surface area (Å²) in [5.41, 5.74) is 12.2. The summed E-state index contributed by atoms with van der Waals surface area (Å²) in [5.74, 6) is 0.425. The van der Waals surface area contributed by atoms with E-state index >= 15 is 0 Å². The van der Waals surface area contributed by atoms with Crippen LogP contribution in [-0.2, 0) is 16.6 Å². The number of amides is 1. The van der Waals surface area contributed by atoms with Gasteiger partial charge >= 0.3 is 0 Å². The molecule has 0 aromatic heterocycles. The lowest BCUT2D eigenvalue weighted by molar-refractivity contribution is 0.1000. The molecule has 2 atom stereocenters. The van der Waals surface area contributed by atoms with Crippen molar-refractivity contribution in [2.75, 3.05) is 5.75 Å². The number of nitrogens with two attached hydrogens (primary N) is 2. The summed E-state index contributed by atoms with van der Waals surface area (Å²) >= 11 is 0. The summed E-state index contributed by atoms with van der Waals surface area (Å²) in [7, 11) is -1.000. The van der Waals surface area contributed by atoms with Gasteiger partial charge in [0.2, 0.25) is 5.91 Å². The average molecular weight is 254 g/mol. The lowest BCUT2D eigenvalue weighted by atomic mass is 10.1. The molecule has 0 aliphatic carbocycles. The molecule has 17 heavy (non-hydrogen) atoms. The lowest BCUT2D eigenvalue weighted by Gasteiger charge is -2.08. The average Bonchev–Trinajstić information content (AvgIpc) is 2.28. The number of carbonyl (C=O) groups excluding carboxylic acids is 1. The zero-order valence-electron chi connectivity index (χ0n) is 9.89. The highest BCUT2D eigenvalue weighted by Crippen LogP contribution is 2.08. The van der Waals surface area contributed by atoms with Crippen LogP contribution in [-0.4, -0.2) is 21.9 Å². The molecule has 0 aliphatic rings. The first-order chi connectivity index (χ1) is 8.02. The van der Waals surface area contributed by atoms with Crippen molar-refractivity contribution in [1.82, 2.24) is 0 Å². The summed E-state index contributed by atoms with van der Waals surface area (Å²) < 4.78 is 11.8. The van der Waals surface area contributed by atoms with Gasteiger partial charge in [0.05, 0.1) is 0 Å². The third-order valence-electron chi connectivity index (χ3n) is 2.46. The van der Waals surface area contributed by atoms with Crippen molar-refractivity contribution in [2.45, 2.75) is 25.1 Å². The first-order valence-electron chi connectivity index (χ1n) is 5.52. The van der Waals surface area contributed by atoms with E-state index in [4.69, 9.17) is 11.5 Å². The number of carbonyl (C=O) groups is 1. The molecule has 0 saturated heterocycles. The minimum absolute atomic E-state index is 0.0323. The van der Waals surface area contributed by atoms with Gasteiger partial charge in [-0.1, -0.05) is 19.1 Å². The van der Waals surface area contributed by atoms with Crippen molar-refractivity contribution in [1.29, 1.82) is 0 Å². The molecule has 4 N–H and O–H groups in total. The third kappa shape index (κ3) is 4.66. The summed E-state index contributed by atoms with van der Waals surface area (Å²) in [4.78, 5) is 11.0. The van der Waals surface area contributed by atoms with Gasteiger partial charge in [-0.2, -0.15) is 0 Å². The summed E-state index contributed by atoms with van der Waals surface area (Å²) in [6.45, 7) is 1.97. The molecule has 94 valence electrons. The van der Waals surface area contributed by atoms with Gasteiger partial charge in [-0.15, -0.1) is 0 Å². The third-order valence-corrected chi connectivity index (χ3v) is 3.92. The van der Waals surface area contributed by atoms with Crippen molar-refractivity contribution >= 4 is 16.7 Å². The van der Waals surface area contributed by atoms with Crippen LogP contribution < -0.4 is 11.5 Å².